The van der Waals surface area contributed by atoms with E-state index in [0.29, 0.717) is 31.1 Å². The van der Waals surface area contributed by atoms with Crippen molar-refractivity contribution in [1.29, 1.82) is 0 Å². The van der Waals surface area contributed by atoms with E-state index in [2.05, 4.69) is 25.7 Å². The quantitative estimate of drug-likeness (QED) is 0.0906. The number of Topliss-reactive ketones (excluding diaryl/α,β-unsaturated/α-hetero) is 1. The molecule has 1 aliphatic heterocycles. The van der Waals surface area contributed by atoms with E-state index >= 15 is 0 Å². The second-order valence-electron chi connectivity index (χ2n) is 10.9. The summed E-state index contributed by atoms with van der Waals surface area (Å²) < 4.78 is 11.8. The van der Waals surface area contributed by atoms with E-state index in [1.165, 1.54) is 5.56 Å². The number of hydrogen-bond acceptors (Lipinski definition) is 6. The number of carbonyl (C=O) groups excluding carboxylic acids is 2. The van der Waals surface area contributed by atoms with E-state index in [1.54, 1.807) is 29.2 Å². The van der Waals surface area contributed by atoms with E-state index < -0.39 is 17.7 Å². The maximum Gasteiger partial charge on any atom is 0.295 e. The summed E-state index contributed by atoms with van der Waals surface area (Å²) >= 11 is 0. The second kappa shape index (κ2) is 15.4. The van der Waals surface area contributed by atoms with Crippen molar-refractivity contribution in [3.05, 3.63) is 101 Å². The SMILES string of the molecule is CCCCOc1ccc([C@H]2C(=C(O)c3ccc(OCc4ccc(C)cc4)cc3)C(=O)C(=O)N2CCCN(CC)CC)cc1. The molecule has 1 aliphatic rings. The minimum atomic E-state index is -0.696. The van der Waals surface area contributed by atoms with Crippen LogP contribution in [-0.4, -0.2) is 59.4 Å². The maximum atomic E-state index is 13.4. The van der Waals surface area contributed by atoms with Crippen molar-refractivity contribution in [3.63, 3.8) is 0 Å². The first-order valence-corrected chi connectivity index (χ1v) is 15.4. The van der Waals surface area contributed by atoms with Crippen LogP contribution < -0.4 is 9.47 Å². The predicted molar refractivity (Wildman–Crippen MR) is 170 cm³/mol. The highest BCUT2D eigenvalue weighted by Gasteiger charge is 2.45. The number of hydrogen-bond donors (Lipinski definition) is 1. The molecular formula is C36H44N2O5. The molecule has 4 rings (SSSR count). The predicted octanol–water partition coefficient (Wildman–Crippen LogP) is 6.91. The summed E-state index contributed by atoms with van der Waals surface area (Å²) in [5, 5.41) is 11.5. The third-order valence-electron chi connectivity index (χ3n) is 7.92. The molecule has 0 radical (unpaired) electrons. The molecule has 3 aromatic carbocycles. The Kier molecular flexibility index (Phi) is 11.4. The number of rotatable bonds is 15. The van der Waals surface area contributed by atoms with Crippen LogP contribution in [0, 0.1) is 6.92 Å². The zero-order valence-corrected chi connectivity index (χ0v) is 25.8. The molecule has 43 heavy (non-hydrogen) atoms. The van der Waals surface area contributed by atoms with Gasteiger partial charge >= 0.3 is 0 Å². The van der Waals surface area contributed by atoms with Crippen LogP contribution >= 0.6 is 0 Å². The number of aliphatic hydroxyl groups excluding tert-OH is 1. The Morgan fingerprint density at radius 2 is 1.47 bits per heavy atom. The molecule has 1 atom stereocenters. The first-order chi connectivity index (χ1) is 20.9. The number of ether oxygens (including phenoxy) is 2. The number of aliphatic hydroxyl groups is 1. The van der Waals surface area contributed by atoms with E-state index in [1.807, 2.05) is 55.5 Å². The fourth-order valence-electron chi connectivity index (χ4n) is 5.26. The van der Waals surface area contributed by atoms with Crippen molar-refractivity contribution >= 4 is 17.4 Å². The highest BCUT2D eigenvalue weighted by molar-refractivity contribution is 6.46. The molecule has 0 bridgehead atoms. The number of aryl methyl sites for hydroxylation is 1. The Balaban J connectivity index is 1.60. The van der Waals surface area contributed by atoms with Crippen LogP contribution in [-0.2, 0) is 16.2 Å². The molecule has 1 saturated heterocycles. The number of likely N-dealkylation sites (tertiary alicyclic amines) is 1. The lowest BCUT2D eigenvalue weighted by Gasteiger charge is -2.27. The summed E-state index contributed by atoms with van der Waals surface area (Å²) in [5.41, 5.74) is 3.55. The largest absolute Gasteiger partial charge is 0.507 e. The molecule has 7 heteroatoms. The van der Waals surface area contributed by atoms with Crippen LogP contribution in [0.3, 0.4) is 0 Å². The van der Waals surface area contributed by atoms with Gasteiger partial charge in [-0.1, -0.05) is 69.2 Å². The molecule has 1 fully saturated rings. The molecule has 1 N–H and O–H groups in total. The zero-order valence-electron chi connectivity index (χ0n) is 25.8. The molecule has 7 nitrogen and oxygen atoms in total. The van der Waals surface area contributed by atoms with E-state index in [-0.39, 0.29) is 11.3 Å². The molecule has 0 saturated carbocycles. The fourth-order valence-corrected chi connectivity index (χ4v) is 5.26. The average Bonchev–Trinajstić information content (AvgIpc) is 3.28. The first kappa shape index (κ1) is 31.8. The van der Waals surface area contributed by atoms with Crippen LogP contribution in [0.15, 0.2) is 78.4 Å². The number of benzene rings is 3. The van der Waals surface area contributed by atoms with Crippen LogP contribution in [0.2, 0.25) is 0 Å². The summed E-state index contributed by atoms with van der Waals surface area (Å²) in [6.45, 7) is 12.5. The summed E-state index contributed by atoms with van der Waals surface area (Å²) in [7, 11) is 0. The Bertz CT molecular complexity index is 1380. The topological polar surface area (TPSA) is 79.3 Å². The van der Waals surface area contributed by atoms with Gasteiger partial charge in [0.05, 0.1) is 18.2 Å². The number of nitrogens with zero attached hydrogens (tertiary/aromatic N) is 2. The summed E-state index contributed by atoms with van der Waals surface area (Å²) in [6.07, 6.45) is 2.72. The number of ketones is 1. The number of unbranched alkanes of at least 4 members (excludes halogenated alkanes) is 1. The smallest absolute Gasteiger partial charge is 0.295 e. The third kappa shape index (κ3) is 8.05. The molecular weight excluding hydrogens is 540 g/mol. The normalized spacial score (nSPS) is 16.2. The van der Waals surface area contributed by atoms with Crippen molar-refractivity contribution in [2.45, 2.75) is 59.6 Å². The van der Waals surface area contributed by atoms with Gasteiger partial charge in [0.25, 0.3) is 11.7 Å². The monoisotopic (exact) mass is 584 g/mol. The molecule has 3 aromatic rings. The lowest BCUT2D eigenvalue weighted by atomic mass is 9.95. The van der Waals surface area contributed by atoms with Crippen molar-refractivity contribution in [2.75, 3.05) is 32.8 Å². The van der Waals surface area contributed by atoms with Gasteiger partial charge in [-0.15, -0.1) is 0 Å². The molecule has 0 aliphatic carbocycles. The van der Waals surface area contributed by atoms with E-state index in [4.69, 9.17) is 9.47 Å². The van der Waals surface area contributed by atoms with Gasteiger partial charge in [-0.2, -0.15) is 0 Å². The van der Waals surface area contributed by atoms with Gasteiger partial charge in [0.1, 0.15) is 23.9 Å². The minimum Gasteiger partial charge on any atom is -0.507 e. The van der Waals surface area contributed by atoms with Crippen LogP contribution in [0.5, 0.6) is 11.5 Å². The van der Waals surface area contributed by atoms with Gasteiger partial charge in [-0.25, -0.2) is 0 Å². The van der Waals surface area contributed by atoms with Gasteiger partial charge in [-0.05, 0) is 86.9 Å². The summed E-state index contributed by atoms with van der Waals surface area (Å²) in [5.74, 6) is -0.0789. The Morgan fingerprint density at radius 1 is 0.837 bits per heavy atom. The van der Waals surface area contributed by atoms with Crippen LogP contribution in [0.1, 0.15) is 68.3 Å². The Morgan fingerprint density at radius 3 is 2.09 bits per heavy atom. The standard InChI is InChI=1S/C36H44N2O5/c1-5-8-24-42-30-18-14-28(15-19-30)33-32(35(40)36(41)38(33)23-9-22-37(6-2)7-3)34(39)29-16-20-31(21-17-29)43-25-27-12-10-26(4)11-13-27/h10-21,33,39H,5-9,22-25H2,1-4H3/t33-/m0/s1. The molecule has 1 heterocycles. The Labute approximate surface area is 255 Å². The van der Waals surface area contributed by atoms with Gasteiger partial charge < -0.3 is 24.4 Å². The molecule has 1 amide bonds. The van der Waals surface area contributed by atoms with E-state index in [0.717, 1.165) is 55.8 Å². The number of carbonyl (C=O) groups is 2. The Hall–Kier alpha value is -4.10. The lowest BCUT2D eigenvalue weighted by molar-refractivity contribution is -0.140. The highest BCUT2D eigenvalue weighted by atomic mass is 16.5. The molecule has 0 unspecified atom stereocenters. The van der Waals surface area contributed by atoms with Crippen molar-refractivity contribution in [1.82, 2.24) is 9.80 Å². The number of amides is 1. The van der Waals surface area contributed by atoms with Gasteiger partial charge in [0.2, 0.25) is 0 Å². The van der Waals surface area contributed by atoms with Gasteiger partial charge in [0.15, 0.2) is 0 Å². The second-order valence-corrected chi connectivity index (χ2v) is 10.9. The molecule has 0 aromatic heterocycles. The van der Waals surface area contributed by atoms with Crippen LogP contribution in [0.4, 0.5) is 0 Å². The average molecular weight is 585 g/mol. The van der Waals surface area contributed by atoms with Crippen molar-refractivity contribution in [3.8, 4) is 11.5 Å². The summed E-state index contributed by atoms with van der Waals surface area (Å²) in [6, 6.07) is 21.9. The lowest BCUT2D eigenvalue weighted by Crippen LogP contribution is -2.33. The van der Waals surface area contributed by atoms with Crippen molar-refractivity contribution < 1.29 is 24.2 Å². The van der Waals surface area contributed by atoms with Gasteiger partial charge in [-0.3, -0.25) is 9.59 Å². The minimum absolute atomic E-state index is 0.0980. The fraction of sp³-hybridized carbons (Fsp3) is 0.389. The van der Waals surface area contributed by atoms with Gasteiger partial charge in [0, 0.05) is 12.1 Å². The highest BCUT2D eigenvalue weighted by Crippen LogP contribution is 2.40. The first-order valence-electron chi connectivity index (χ1n) is 15.4. The van der Waals surface area contributed by atoms with E-state index in [9.17, 15) is 14.7 Å². The third-order valence-corrected chi connectivity index (χ3v) is 7.92. The van der Waals surface area contributed by atoms with Crippen LogP contribution in [0.25, 0.3) is 5.76 Å². The summed E-state index contributed by atoms with van der Waals surface area (Å²) in [4.78, 5) is 30.7. The maximum absolute atomic E-state index is 13.4. The molecule has 228 valence electrons. The zero-order chi connectivity index (χ0) is 30.8. The van der Waals surface area contributed by atoms with Crippen molar-refractivity contribution in [2.24, 2.45) is 0 Å². The molecule has 0 spiro atoms.